The molecule has 0 radical (unpaired) electrons. The first-order valence-electron chi connectivity index (χ1n) is 6.54. The lowest BCUT2D eigenvalue weighted by Gasteiger charge is -2.37. The molecule has 1 aliphatic heterocycles. The molecular formula is C13H23N3O. The lowest BCUT2D eigenvalue weighted by molar-refractivity contribution is 0.0959. The van der Waals surface area contributed by atoms with Gasteiger partial charge in [0.2, 0.25) is 0 Å². The van der Waals surface area contributed by atoms with Crippen molar-refractivity contribution in [2.75, 3.05) is 13.6 Å². The van der Waals surface area contributed by atoms with E-state index in [1.165, 1.54) is 19.4 Å². The van der Waals surface area contributed by atoms with Crippen molar-refractivity contribution < 1.29 is 4.52 Å². The van der Waals surface area contributed by atoms with Gasteiger partial charge >= 0.3 is 0 Å². The number of nitrogens with one attached hydrogen (secondary N) is 1. The Morgan fingerprint density at radius 2 is 2.35 bits per heavy atom. The Morgan fingerprint density at radius 3 is 3.12 bits per heavy atom. The molecule has 1 N–H and O–H groups in total. The van der Waals surface area contributed by atoms with Gasteiger partial charge < -0.3 is 9.84 Å². The van der Waals surface area contributed by atoms with Gasteiger partial charge in [0.1, 0.15) is 0 Å². The molecule has 0 aliphatic carbocycles. The summed E-state index contributed by atoms with van der Waals surface area (Å²) in [6, 6.07) is 2.70. The summed E-state index contributed by atoms with van der Waals surface area (Å²) in [5, 5.41) is 7.13. The fourth-order valence-corrected chi connectivity index (χ4v) is 2.54. The van der Waals surface area contributed by atoms with Gasteiger partial charge in [-0.05, 0) is 39.3 Å². The van der Waals surface area contributed by atoms with Crippen LogP contribution in [0, 0.1) is 5.92 Å². The minimum atomic E-state index is 0.640. The Kier molecular flexibility index (Phi) is 4.18. The average Bonchev–Trinajstić information content (AvgIpc) is 2.73. The van der Waals surface area contributed by atoms with Crippen molar-refractivity contribution in [3.05, 3.63) is 17.5 Å². The highest BCUT2D eigenvalue weighted by Gasteiger charge is 2.25. The second kappa shape index (κ2) is 5.65. The molecule has 1 aromatic rings. The Labute approximate surface area is 103 Å². The summed E-state index contributed by atoms with van der Waals surface area (Å²) in [6.07, 6.45) is 2.64. The number of hydrogen-bond donors (Lipinski definition) is 1. The molecule has 0 bridgehead atoms. The number of rotatable bonds is 4. The Bertz CT molecular complexity index is 350. The van der Waals surface area contributed by atoms with E-state index in [0.29, 0.717) is 6.04 Å². The van der Waals surface area contributed by atoms with Crippen LogP contribution in [0.15, 0.2) is 10.6 Å². The number of likely N-dealkylation sites (tertiary alicyclic amines) is 1. The van der Waals surface area contributed by atoms with Gasteiger partial charge in [0.25, 0.3) is 0 Å². The fraction of sp³-hybridized carbons (Fsp3) is 0.769. The van der Waals surface area contributed by atoms with E-state index in [1.807, 2.05) is 7.05 Å². The van der Waals surface area contributed by atoms with Crippen LogP contribution in [0.3, 0.4) is 0 Å². The van der Waals surface area contributed by atoms with Crippen LogP contribution in [-0.2, 0) is 13.1 Å². The van der Waals surface area contributed by atoms with Gasteiger partial charge in [-0.2, -0.15) is 0 Å². The van der Waals surface area contributed by atoms with Gasteiger partial charge in [0.15, 0.2) is 5.76 Å². The smallest absolute Gasteiger partial charge is 0.151 e. The summed E-state index contributed by atoms with van der Waals surface area (Å²) >= 11 is 0. The summed E-state index contributed by atoms with van der Waals surface area (Å²) in [4.78, 5) is 2.50. The second-order valence-corrected chi connectivity index (χ2v) is 5.15. The molecule has 2 rings (SSSR count). The van der Waals surface area contributed by atoms with Crippen LogP contribution in [0.1, 0.15) is 38.1 Å². The van der Waals surface area contributed by atoms with Crippen LogP contribution in [0.5, 0.6) is 0 Å². The van der Waals surface area contributed by atoms with Gasteiger partial charge in [0.05, 0.1) is 12.2 Å². The minimum absolute atomic E-state index is 0.640. The molecule has 0 aromatic carbocycles. The first-order chi connectivity index (χ1) is 8.20. The van der Waals surface area contributed by atoms with Crippen LogP contribution in [0.4, 0.5) is 0 Å². The standard InChI is InChI=1S/C13H23N3O/c1-10-5-4-6-16(11(10)2)9-13-7-12(8-14-3)15-17-13/h7,10-11,14H,4-6,8-9H2,1-3H3. The normalized spacial score (nSPS) is 26.3. The van der Waals surface area contributed by atoms with E-state index >= 15 is 0 Å². The molecule has 2 heterocycles. The quantitative estimate of drug-likeness (QED) is 0.870. The molecule has 2 unspecified atom stereocenters. The van der Waals surface area contributed by atoms with Gasteiger partial charge in [-0.3, -0.25) is 4.90 Å². The zero-order chi connectivity index (χ0) is 12.3. The first-order valence-corrected chi connectivity index (χ1v) is 6.54. The third kappa shape index (κ3) is 3.07. The predicted molar refractivity (Wildman–Crippen MR) is 67.5 cm³/mol. The third-order valence-electron chi connectivity index (χ3n) is 3.83. The van der Waals surface area contributed by atoms with Crippen LogP contribution in [-0.4, -0.2) is 29.7 Å². The van der Waals surface area contributed by atoms with Crippen LogP contribution < -0.4 is 5.32 Å². The monoisotopic (exact) mass is 237 g/mol. The molecule has 4 heteroatoms. The van der Waals surface area contributed by atoms with Crippen molar-refractivity contribution in [1.29, 1.82) is 0 Å². The molecule has 96 valence electrons. The van der Waals surface area contributed by atoms with Crippen LogP contribution in [0.2, 0.25) is 0 Å². The summed E-state index contributed by atoms with van der Waals surface area (Å²) < 4.78 is 5.37. The molecule has 0 saturated carbocycles. The fourth-order valence-electron chi connectivity index (χ4n) is 2.54. The van der Waals surface area contributed by atoms with Crippen molar-refractivity contribution in [2.45, 2.75) is 45.8 Å². The van der Waals surface area contributed by atoms with E-state index in [9.17, 15) is 0 Å². The zero-order valence-electron chi connectivity index (χ0n) is 11.1. The second-order valence-electron chi connectivity index (χ2n) is 5.15. The molecule has 4 nitrogen and oxygen atoms in total. The van der Waals surface area contributed by atoms with Crippen LogP contribution in [0.25, 0.3) is 0 Å². The largest absolute Gasteiger partial charge is 0.360 e. The maximum Gasteiger partial charge on any atom is 0.151 e. The number of hydrogen-bond acceptors (Lipinski definition) is 4. The first kappa shape index (κ1) is 12.6. The van der Waals surface area contributed by atoms with E-state index < -0.39 is 0 Å². The molecule has 17 heavy (non-hydrogen) atoms. The van der Waals surface area contributed by atoms with Gasteiger partial charge in [-0.1, -0.05) is 12.1 Å². The van der Waals surface area contributed by atoms with Crippen molar-refractivity contribution in [3.8, 4) is 0 Å². The topological polar surface area (TPSA) is 41.3 Å². The summed E-state index contributed by atoms with van der Waals surface area (Å²) in [5.74, 6) is 1.76. The SMILES string of the molecule is CNCc1cc(CN2CCCC(C)C2C)on1. The number of aromatic nitrogens is 1. The van der Waals surface area contributed by atoms with E-state index in [0.717, 1.165) is 30.5 Å². The summed E-state index contributed by atoms with van der Waals surface area (Å²) in [6.45, 7) is 7.49. The maximum atomic E-state index is 5.37. The van der Waals surface area contributed by atoms with E-state index in [2.05, 4.69) is 35.3 Å². The highest BCUT2D eigenvalue weighted by molar-refractivity contribution is 5.05. The number of nitrogens with zero attached hydrogens (tertiary/aromatic N) is 2. The van der Waals surface area contributed by atoms with E-state index in [1.54, 1.807) is 0 Å². The van der Waals surface area contributed by atoms with Gasteiger partial charge in [0, 0.05) is 18.7 Å². The highest BCUT2D eigenvalue weighted by atomic mass is 16.5. The Balaban J connectivity index is 1.94. The summed E-state index contributed by atoms with van der Waals surface area (Å²) in [5.41, 5.74) is 0.986. The molecule has 2 atom stereocenters. The van der Waals surface area contributed by atoms with Crippen molar-refractivity contribution in [1.82, 2.24) is 15.4 Å². The van der Waals surface area contributed by atoms with Crippen molar-refractivity contribution in [2.24, 2.45) is 5.92 Å². The molecule has 1 aliphatic rings. The third-order valence-corrected chi connectivity index (χ3v) is 3.83. The van der Waals surface area contributed by atoms with Crippen LogP contribution >= 0.6 is 0 Å². The zero-order valence-corrected chi connectivity index (χ0v) is 11.1. The summed E-state index contributed by atoms with van der Waals surface area (Å²) in [7, 11) is 1.92. The molecule has 1 aromatic heterocycles. The molecule has 0 amide bonds. The predicted octanol–water partition coefficient (Wildman–Crippen LogP) is 2.01. The number of piperidine rings is 1. The Morgan fingerprint density at radius 1 is 1.53 bits per heavy atom. The van der Waals surface area contributed by atoms with Crippen molar-refractivity contribution >= 4 is 0 Å². The lowest BCUT2D eigenvalue weighted by Crippen LogP contribution is -2.41. The minimum Gasteiger partial charge on any atom is -0.360 e. The van der Waals surface area contributed by atoms with E-state index in [4.69, 9.17) is 4.52 Å². The van der Waals surface area contributed by atoms with Gasteiger partial charge in [-0.15, -0.1) is 0 Å². The van der Waals surface area contributed by atoms with Crippen molar-refractivity contribution in [3.63, 3.8) is 0 Å². The molecular weight excluding hydrogens is 214 g/mol. The van der Waals surface area contributed by atoms with Gasteiger partial charge in [-0.25, -0.2) is 0 Å². The average molecular weight is 237 g/mol. The highest BCUT2D eigenvalue weighted by Crippen LogP contribution is 2.24. The van der Waals surface area contributed by atoms with E-state index in [-0.39, 0.29) is 0 Å². The maximum absolute atomic E-state index is 5.37. The lowest BCUT2D eigenvalue weighted by atomic mass is 9.92. The molecule has 0 spiro atoms. The Hall–Kier alpha value is -0.870. The molecule has 1 saturated heterocycles. The molecule has 1 fully saturated rings.